The van der Waals surface area contributed by atoms with Gasteiger partial charge in [0, 0.05) is 39.1 Å². The molecule has 0 spiro atoms. The Kier molecular flexibility index (Phi) is 4.09. The summed E-state index contributed by atoms with van der Waals surface area (Å²) in [6.07, 6.45) is 1.53. The molecular formula is C13H17FN2O. The Morgan fingerprint density at radius 3 is 2.53 bits per heavy atom. The van der Waals surface area contributed by atoms with Crippen molar-refractivity contribution in [2.45, 2.75) is 6.42 Å². The van der Waals surface area contributed by atoms with Crippen LogP contribution in [0, 0.1) is 5.82 Å². The number of anilines is 1. The lowest BCUT2D eigenvalue weighted by atomic mass is 10.2. The van der Waals surface area contributed by atoms with E-state index in [0.29, 0.717) is 12.1 Å². The van der Waals surface area contributed by atoms with Crippen LogP contribution in [0.25, 0.3) is 0 Å². The van der Waals surface area contributed by atoms with E-state index < -0.39 is 0 Å². The molecule has 1 heterocycles. The first-order valence-corrected chi connectivity index (χ1v) is 5.97. The highest BCUT2D eigenvalue weighted by molar-refractivity contribution is 5.49. The van der Waals surface area contributed by atoms with E-state index >= 15 is 0 Å². The van der Waals surface area contributed by atoms with Crippen LogP contribution in [-0.2, 0) is 4.79 Å². The van der Waals surface area contributed by atoms with Crippen molar-refractivity contribution in [1.29, 1.82) is 0 Å². The molecule has 1 aromatic carbocycles. The van der Waals surface area contributed by atoms with Crippen molar-refractivity contribution in [3.8, 4) is 0 Å². The molecule has 1 aromatic rings. The third-order valence-corrected chi connectivity index (χ3v) is 3.13. The van der Waals surface area contributed by atoms with Gasteiger partial charge < -0.3 is 9.69 Å². The predicted molar refractivity (Wildman–Crippen MR) is 65.7 cm³/mol. The number of halogens is 1. The molecule has 92 valence electrons. The molecule has 3 nitrogen and oxygen atoms in total. The summed E-state index contributed by atoms with van der Waals surface area (Å²) in [6.45, 7) is 4.23. The SMILES string of the molecule is O=CCCN1CCN(c2ccccc2F)CC1. The van der Waals surface area contributed by atoms with Gasteiger partial charge in [-0.05, 0) is 12.1 Å². The van der Waals surface area contributed by atoms with Crippen LogP contribution in [0.2, 0.25) is 0 Å². The Balaban J connectivity index is 1.91. The molecular weight excluding hydrogens is 219 g/mol. The second-order valence-corrected chi connectivity index (χ2v) is 4.24. The van der Waals surface area contributed by atoms with E-state index in [0.717, 1.165) is 39.0 Å². The zero-order chi connectivity index (χ0) is 12.1. The standard InChI is InChI=1S/C13H17FN2O/c14-12-4-1-2-5-13(12)16-9-7-15(8-10-16)6-3-11-17/h1-2,4-5,11H,3,6-10H2. The van der Waals surface area contributed by atoms with Gasteiger partial charge in [0.25, 0.3) is 0 Å². The maximum Gasteiger partial charge on any atom is 0.146 e. The summed E-state index contributed by atoms with van der Waals surface area (Å²) in [5.41, 5.74) is 0.683. The number of nitrogens with zero attached hydrogens (tertiary/aromatic N) is 2. The second kappa shape index (κ2) is 5.77. The summed E-state index contributed by atoms with van der Waals surface area (Å²) in [5, 5.41) is 0. The molecule has 4 heteroatoms. The smallest absolute Gasteiger partial charge is 0.146 e. The van der Waals surface area contributed by atoms with Crippen LogP contribution in [0.1, 0.15) is 6.42 Å². The molecule has 0 unspecified atom stereocenters. The van der Waals surface area contributed by atoms with Crippen molar-refractivity contribution >= 4 is 12.0 Å². The van der Waals surface area contributed by atoms with Gasteiger partial charge in [-0.15, -0.1) is 0 Å². The van der Waals surface area contributed by atoms with Gasteiger partial charge in [0.2, 0.25) is 0 Å². The maximum atomic E-state index is 13.6. The Labute approximate surface area is 101 Å². The van der Waals surface area contributed by atoms with E-state index in [-0.39, 0.29) is 5.82 Å². The molecule has 1 aliphatic heterocycles. The topological polar surface area (TPSA) is 23.6 Å². The summed E-state index contributed by atoms with van der Waals surface area (Å²) in [7, 11) is 0. The molecule has 17 heavy (non-hydrogen) atoms. The zero-order valence-electron chi connectivity index (χ0n) is 9.81. The van der Waals surface area contributed by atoms with Gasteiger partial charge in [0.05, 0.1) is 5.69 Å². The Morgan fingerprint density at radius 1 is 1.18 bits per heavy atom. The van der Waals surface area contributed by atoms with Crippen molar-refractivity contribution in [2.24, 2.45) is 0 Å². The molecule has 0 aromatic heterocycles. The number of hydrogen-bond acceptors (Lipinski definition) is 3. The molecule has 0 bridgehead atoms. The summed E-state index contributed by atoms with van der Waals surface area (Å²) < 4.78 is 13.6. The van der Waals surface area contributed by atoms with Crippen molar-refractivity contribution < 1.29 is 9.18 Å². The van der Waals surface area contributed by atoms with E-state index in [1.54, 1.807) is 6.07 Å². The highest BCUT2D eigenvalue weighted by Gasteiger charge is 2.18. The lowest BCUT2D eigenvalue weighted by Gasteiger charge is -2.35. The Bertz CT molecular complexity index is 375. The molecule has 0 aliphatic carbocycles. The first-order valence-electron chi connectivity index (χ1n) is 5.97. The quantitative estimate of drug-likeness (QED) is 0.741. The van der Waals surface area contributed by atoms with Gasteiger partial charge in [-0.25, -0.2) is 4.39 Å². The Morgan fingerprint density at radius 2 is 1.88 bits per heavy atom. The molecule has 1 fully saturated rings. The van der Waals surface area contributed by atoms with Crippen LogP contribution in [0.15, 0.2) is 24.3 Å². The van der Waals surface area contributed by atoms with E-state index in [2.05, 4.69) is 9.80 Å². The van der Waals surface area contributed by atoms with E-state index in [9.17, 15) is 9.18 Å². The third-order valence-electron chi connectivity index (χ3n) is 3.13. The molecule has 0 radical (unpaired) electrons. The van der Waals surface area contributed by atoms with Gasteiger partial charge in [-0.3, -0.25) is 4.90 Å². The average molecular weight is 236 g/mol. The van der Waals surface area contributed by atoms with E-state index in [4.69, 9.17) is 0 Å². The fourth-order valence-electron chi connectivity index (χ4n) is 2.16. The second-order valence-electron chi connectivity index (χ2n) is 4.24. The number of hydrogen-bond donors (Lipinski definition) is 0. The van der Waals surface area contributed by atoms with Crippen molar-refractivity contribution in [2.75, 3.05) is 37.6 Å². The lowest BCUT2D eigenvalue weighted by Crippen LogP contribution is -2.46. The van der Waals surface area contributed by atoms with Gasteiger partial charge in [0.15, 0.2) is 0 Å². The van der Waals surface area contributed by atoms with Gasteiger partial charge in [-0.1, -0.05) is 12.1 Å². The minimum atomic E-state index is -0.158. The van der Waals surface area contributed by atoms with Crippen LogP contribution < -0.4 is 4.90 Å². The molecule has 2 rings (SSSR count). The maximum absolute atomic E-state index is 13.6. The van der Waals surface area contributed by atoms with Crippen LogP contribution in [0.5, 0.6) is 0 Å². The minimum absolute atomic E-state index is 0.158. The largest absolute Gasteiger partial charge is 0.367 e. The first-order chi connectivity index (χ1) is 8.31. The van der Waals surface area contributed by atoms with E-state index in [1.807, 2.05) is 12.1 Å². The Hall–Kier alpha value is -1.42. The summed E-state index contributed by atoms with van der Waals surface area (Å²) in [5.74, 6) is -0.158. The summed E-state index contributed by atoms with van der Waals surface area (Å²) in [4.78, 5) is 14.6. The average Bonchev–Trinajstić information content (AvgIpc) is 2.38. The molecule has 0 amide bonds. The normalized spacial score (nSPS) is 17.1. The predicted octanol–water partition coefficient (Wildman–Crippen LogP) is 1.54. The fraction of sp³-hybridized carbons (Fsp3) is 0.462. The molecule has 1 saturated heterocycles. The van der Waals surface area contributed by atoms with Crippen LogP contribution >= 0.6 is 0 Å². The molecule has 0 N–H and O–H groups in total. The summed E-state index contributed by atoms with van der Waals surface area (Å²) >= 11 is 0. The van der Waals surface area contributed by atoms with Crippen molar-refractivity contribution in [3.05, 3.63) is 30.1 Å². The van der Waals surface area contributed by atoms with Gasteiger partial charge in [-0.2, -0.15) is 0 Å². The number of carbonyl (C=O) groups is 1. The monoisotopic (exact) mass is 236 g/mol. The number of carbonyl (C=O) groups excluding carboxylic acids is 1. The van der Waals surface area contributed by atoms with Crippen molar-refractivity contribution in [3.63, 3.8) is 0 Å². The number of piperazine rings is 1. The minimum Gasteiger partial charge on any atom is -0.367 e. The zero-order valence-corrected chi connectivity index (χ0v) is 9.81. The molecule has 0 saturated carbocycles. The number of benzene rings is 1. The van der Waals surface area contributed by atoms with Crippen molar-refractivity contribution in [1.82, 2.24) is 4.90 Å². The number of rotatable bonds is 4. The summed E-state index contributed by atoms with van der Waals surface area (Å²) in [6, 6.07) is 6.88. The van der Waals surface area contributed by atoms with Gasteiger partial charge in [0.1, 0.15) is 12.1 Å². The third kappa shape index (κ3) is 3.03. The lowest BCUT2D eigenvalue weighted by molar-refractivity contribution is -0.108. The highest BCUT2D eigenvalue weighted by atomic mass is 19.1. The van der Waals surface area contributed by atoms with Gasteiger partial charge >= 0.3 is 0 Å². The van der Waals surface area contributed by atoms with E-state index in [1.165, 1.54) is 6.07 Å². The molecule has 0 atom stereocenters. The highest BCUT2D eigenvalue weighted by Crippen LogP contribution is 2.19. The fourth-order valence-corrected chi connectivity index (χ4v) is 2.16. The molecule has 1 aliphatic rings. The number of para-hydroxylation sites is 1. The van der Waals surface area contributed by atoms with Crippen LogP contribution in [0.4, 0.5) is 10.1 Å². The van der Waals surface area contributed by atoms with Crippen LogP contribution in [-0.4, -0.2) is 43.9 Å². The number of aldehydes is 1. The first kappa shape index (κ1) is 12.0. The van der Waals surface area contributed by atoms with Crippen LogP contribution in [0.3, 0.4) is 0 Å².